The highest BCUT2D eigenvalue weighted by molar-refractivity contribution is 6.34. The van der Waals surface area contributed by atoms with E-state index in [0.717, 1.165) is 12.8 Å². The molecule has 0 saturated heterocycles. The van der Waals surface area contributed by atoms with E-state index >= 15 is 0 Å². The summed E-state index contributed by atoms with van der Waals surface area (Å²) in [4.78, 5) is 26.2. The molecule has 0 radical (unpaired) electrons. The zero-order valence-corrected chi connectivity index (χ0v) is 16.8. The second-order valence-corrected chi connectivity index (χ2v) is 8.53. The maximum atomic E-state index is 12.7. The first-order valence-electron chi connectivity index (χ1n) is 9.59. The first-order chi connectivity index (χ1) is 13.7. The predicted octanol–water partition coefficient (Wildman–Crippen LogP) is 1.62. The van der Waals surface area contributed by atoms with E-state index in [4.69, 9.17) is 11.6 Å². The fourth-order valence-electron chi connectivity index (χ4n) is 3.97. The van der Waals surface area contributed by atoms with Crippen molar-refractivity contribution in [2.45, 2.75) is 43.8 Å². The molecule has 0 aromatic heterocycles. The monoisotopic (exact) mass is 418 g/mol. The van der Waals surface area contributed by atoms with E-state index in [2.05, 4.69) is 10.4 Å². The van der Waals surface area contributed by atoms with Gasteiger partial charge in [0.05, 0.1) is 28.4 Å². The maximum absolute atomic E-state index is 12.7. The summed E-state index contributed by atoms with van der Waals surface area (Å²) in [6.07, 6.45) is 5.96. The largest absolute Gasteiger partial charge is 0.388 e. The zero-order chi connectivity index (χ0) is 20.8. The average molecular weight is 419 g/mol. The molecule has 1 unspecified atom stereocenters. The van der Waals surface area contributed by atoms with Crippen molar-refractivity contribution >= 4 is 35.3 Å². The topological polar surface area (TPSA) is 105 Å². The van der Waals surface area contributed by atoms with Gasteiger partial charge in [0.15, 0.2) is 0 Å². The number of nitrogens with one attached hydrogen (secondary N) is 1. The average Bonchev–Trinajstić information content (AvgIpc) is 3.24. The molecule has 29 heavy (non-hydrogen) atoms. The van der Waals surface area contributed by atoms with E-state index in [-0.39, 0.29) is 29.6 Å². The number of aliphatic hydroxyl groups is 2. The van der Waals surface area contributed by atoms with Crippen LogP contribution in [0.5, 0.6) is 0 Å². The van der Waals surface area contributed by atoms with Gasteiger partial charge in [-0.05, 0) is 44.0 Å². The Balaban J connectivity index is 1.59. The molecule has 8 nitrogen and oxygen atoms in total. The quantitative estimate of drug-likeness (QED) is 0.689. The Kier molecular flexibility index (Phi) is 4.88. The van der Waals surface area contributed by atoms with Crippen LogP contribution in [0, 0.1) is 0 Å². The highest BCUT2D eigenvalue weighted by Crippen LogP contribution is 2.34. The summed E-state index contributed by atoms with van der Waals surface area (Å²) in [6, 6.07) is 4.85. The molecule has 2 amide bonds. The molecule has 1 fully saturated rings. The van der Waals surface area contributed by atoms with Crippen LogP contribution in [0.1, 0.15) is 43.0 Å². The van der Waals surface area contributed by atoms with Gasteiger partial charge < -0.3 is 15.5 Å². The maximum Gasteiger partial charge on any atom is 0.272 e. The highest BCUT2D eigenvalue weighted by Gasteiger charge is 2.40. The van der Waals surface area contributed by atoms with Crippen LogP contribution < -0.4 is 10.3 Å². The Morgan fingerprint density at radius 2 is 2.03 bits per heavy atom. The number of benzene rings is 1. The van der Waals surface area contributed by atoms with Crippen LogP contribution >= 0.6 is 11.6 Å². The van der Waals surface area contributed by atoms with Crippen molar-refractivity contribution in [3.05, 3.63) is 40.7 Å². The van der Waals surface area contributed by atoms with Crippen molar-refractivity contribution in [1.29, 1.82) is 0 Å². The highest BCUT2D eigenvalue weighted by atomic mass is 35.5. The summed E-state index contributed by atoms with van der Waals surface area (Å²) < 4.78 is 0. The van der Waals surface area contributed by atoms with E-state index in [0.29, 0.717) is 24.4 Å². The third kappa shape index (κ3) is 3.88. The smallest absolute Gasteiger partial charge is 0.272 e. The van der Waals surface area contributed by atoms with Gasteiger partial charge in [0, 0.05) is 6.54 Å². The molecule has 4 rings (SSSR count). The molecule has 154 valence electrons. The minimum Gasteiger partial charge on any atom is -0.388 e. The number of rotatable bonds is 4. The van der Waals surface area contributed by atoms with Gasteiger partial charge in [0.1, 0.15) is 17.6 Å². The molecule has 1 saturated carbocycles. The van der Waals surface area contributed by atoms with Crippen molar-refractivity contribution in [1.82, 2.24) is 10.2 Å². The van der Waals surface area contributed by atoms with Crippen LogP contribution in [0.3, 0.4) is 0 Å². The van der Waals surface area contributed by atoms with Crippen molar-refractivity contribution in [3.8, 4) is 0 Å². The summed E-state index contributed by atoms with van der Waals surface area (Å²) in [6.45, 7) is 1.91. The molecule has 2 aliphatic heterocycles. The minimum absolute atomic E-state index is 0.128. The SMILES string of the molecule is CC1(O)C=C2N(C1)C(=O)C=NN2c1ccc(Cl)c(C(=O)NCC2(O)CCCC2)c1. The van der Waals surface area contributed by atoms with Gasteiger partial charge in [-0.3, -0.25) is 14.5 Å². The summed E-state index contributed by atoms with van der Waals surface area (Å²) in [5, 5.41) is 29.5. The Morgan fingerprint density at radius 3 is 2.76 bits per heavy atom. The van der Waals surface area contributed by atoms with Gasteiger partial charge >= 0.3 is 0 Å². The normalized spacial score (nSPS) is 25.2. The molecule has 9 heteroatoms. The molecule has 1 atom stereocenters. The Labute approximate surface area is 173 Å². The molecule has 3 aliphatic rings. The molecule has 1 aliphatic carbocycles. The summed E-state index contributed by atoms with van der Waals surface area (Å²) in [5.74, 6) is -0.281. The van der Waals surface area contributed by atoms with Crippen molar-refractivity contribution in [2.24, 2.45) is 5.10 Å². The third-order valence-electron chi connectivity index (χ3n) is 5.51. The van der Waals surface area contributed by atoms with Crippen LogP contribution in [0.2, 0.25) is 5.02 Å². The number of halogens is 1. The fourth-order valence-corrected chi connectivity index (χ4v) is 4.18. The van der Waals surface area contributed by atoms with E-state index in [1.54, 1.807) is 31.2 Å². The van der Waals surface area contributed by atoms with Crippen LogP contribution in [-0.2, 0) is 4.79 Å². The molecular weight excluding hydrogens is 396 g/mol. The van der Waals surface area contributed by atoms with Gasteiger partial charge in [-0.15, -0.1) is 0 Å². The number of fused-ring (bicyclic) bond motifs is 1. The van der Waals surface area contributed by atoms with Crippen molar-refractivity contribution in [2.75, 3.05) is 18.1 Å². The zero-order valence-electron chi connectivity index (χ0n) is 16.1. The van der Waals surface area contributed by atoms with E-state index < -0.39 is 17.1 Å². The van der Waals surface area contributed by atoms with Crippen LogP contribution in [0.4, 0.5) is 5.69 Å². The number of nitrogens with zero attached hydrogens (tertiary/aromatic N) is 3. The van der Waals surface area contributed by atoms with E-state index in [9.17, 15) is 19.8 Å². The first kappa shape index (κ1) is 19.9. The lowest BCUT2D eigenvalue weighted by Crippen LogP contribution is -2.42. The summed E-state index contributed by atoms with van der Waals surface area (Å²) >= 11 is 6.24. The number of carbonyl (C=O) groups excluding carboxylic acids is 2. The van der Waals surface area contributed by atoms with E-state index in [1.807, 2.05) is 0 Å². The van der Waals surface area contributed by atoms with E-state index in [1.165, 1.54) is 16.1 Å². The molecule has 0 spiro atoms. The lowest BCUT2D eigenvalue weighted by molar-refractivity contribution is -0.123. The van der Waals surface area contributed by atoms with Gasteiger partial charge in [-0.1, -0.05) is 24.4 Å². The number of carbonyl (C=O) groups is 2. The predicted molar refractivity (Wildman–Crippen MR) is 109 cm³/mol. The second-order valence-electron chi connectivity index (χ2n) is 8.12. The van der Waals surface area contributed by atoms with Gasteiger partial charge in [0.25, 0.3) is 11.8 Å². The van der Waals surface area contributed by atoms with Crippen LogP contribution in [0.15, 0.2) is 35.2 Å². The first-order valence-corrected chi connectivity index (χ1v) is 9.96. The molecular formula is C20H23ClN4O4. The standard InChI is InChI=1S/C20H23ClN4O4/c1-19(28)9-16-24(12-19)17(26)10-23-25(16)13-4-5-15(21)14(8-13)18(27)22-11-20(29)6-2-3-7-20/h4-5,8-10,28-29H,2-3,6-7,11-12H2,1H3,(H,22,27). The Hall–Kier alpha value is -2.42. The molecule has 1 aromatic carbocycles. The van der Waals surface area contributed by atoms with Crippen molar-refractivity contribution < 1.29 is 19.8 Å². The van der Waals surface area contributed by atoms with Crippen molar-refractivity contribution in [3.63, 3.8) is 0 Å². The lowest BCUT2D eigenvalue weighted by atomic mass is 10.0. The van der Waals surface area contributed by atoms with Gasteiger partial charge in [-0.25, -0.2) is 5.01 Å². The summed E-state index contributed by atoms with van der Waals surface area (Å²) in [7, 11) is 0. The number of amides is 2. The fraction of sp³-hybridized carbons (Fsp3) is 0.450. The molecule has 1 aromatic rings. The van der Waals surface area contributed by atoms with Gasteiger partial charge in [-0.2, -0.15) is 5.10 Å². The summed E-state index contributed by atoms with van der Waals surface area (Å²) in [5.41, 5.74) is -1.26. The van der Waals surface area contributed by atoms with Crippen LogP contribution in [0.25, 0.3) is 0 Å². The Bertz CT molecular complexity index is 921. The number of hydrogen-bond donors (Lipinski definition) is 3. The number of anilines is 1. The number of hydrazone groups is 1. The lowest BCUT2D eigenvalue weighted by Gasteiger charge is -2.31. The third-order valence-corrected chi connectivity index (χ3v) is 5.84. The molecule has 2 heterocycles. The van der Waals surface area contributed by atoms with Crippen LogP contribution in [-0.4, -0.2) is 57.4 Å². The number of hydrogen-bond acceptors (Lipinski definition) is 6. The minimum atomic E-state index is -1.17. The van der Waals surface area contributed by atoms with Gasteiger partial charge in [0.2, 0.25) is 0 Å². The molecule has 3 N–H and O–H groups in total. The second kappa shape index (κ2) is 7.12. The molecule has 0 bridgehead atoms. The Morgan fingerprint density at radius 1 is 1.31 bits per heavy atom.